The molecule has 3 heteroatoms. The molecule has 116 valence electrons. The quantitative estimate of drug-likeness (QED) is 0.925. The third-order valence-electron chi connectivity index (χ3n) is 5.69. The fourth-order valence-corrected chi connectivity index (χ4v) is 3.95. The van der Waals surface area contributed by atoms with Gasteiger partial charge in [0.25, 0.3) is 0 Å². The second-order valence-electron chi connectivity index (χ2n) is 7.04. The van der Waals surface area contributed by atoms with E-state index in [1.807, 2.05) is 0 Å². The SMILES string of the molecule is CC1CCC(CN)(N(C)CC2COc3ccccc32)CC1. The molecule has 1 aromatic carbocycles. The van der Waals surface area contributed by atoms with Crippen LogP contribution in [0.2, 0.25) is 0 Å². The van der Waals surface area contributed by atoms with Crippen LogP contribution in [0.4, 0.5) is 0 Å². The molecule has 1 fully saturated rings. The lowest BCUT2D eigenvalue weighted by molar-refractivity contribution is 0.0605. The number of nitrogens with two attached hydrogens (primary N) is 1. The fraction of sp³-hybridized carbons (Fsp3) is 0.667. The third-order valence-corrected chi connectivity index (χ3v) is 5.69. The second-order valence-corrected chi connectivity index (χ2v) is 7.04. The van der Waals surface area contributed by atoms with Crippen LogP contribution in [0.25, 0.3) is 0 Å². The molecule has 3 rings (SSSR count). The lowest BCUT2D eigenvalue weighted by Gasteiger charge is -2.46. The Hall–Kier alpha value is -1.06. The molecule has 0 amide bonds. The van der Waals surface area contributed by atoms with E-state index < -0.39 is 0 Å². The summed E-state index contributed by atoms with van der Waals surface area (Å²) >= 11 is 0. The number of hydrogen-bond donors (Lipinski definition) is 1. The van der Waals surface area contributed by atoms with Gasteiger partial charge in [-0.3, -0.25) is 4.90 Å². The van der Waals surface area contributed by atoms with E-state index in [1.165, 1.54) is 31.2 Å². The Bertz CT molecular complexity index is 480. The summed E-state index contributed by atoms with van der Waals surface area (Å²) in [5.74, 6) is 2.40. The summed E-state index contributed by atoms with van der Waals surface area (Å²) in [6.45, 7) is 4.98. The summed E-state index contributed by atoms with van der Waals surface area (Å²) in [5, 5.41) is 0. The van der Waals surface area contributed by atoms with E-state index in [2.05, 4.69) is 43.1 Å². The zero-order valence-corrected chi connectivity index (χ0v) is 13.3. The van der Waals surface area contributed by atoms with Crippen molar-refractivity contribution in [2.45, 2.75) is 44.1 Å². The molecule has 0 radical (unpaired) electrons. The van der Waals surface area contributed by atoms with E-state index in [0.717, 1.165) is 31.4 Å². The Morgan fingerprint density at radius 1 is 1.29 bits per heavy atom. The summed E-state index contributed by atoms with van der Waals surface area (Å²) in [6.07, 6.45) is 5.07. The smallest absolute Gasteiger partial charge is 0.122 e. The Kier molecular flexibility index (Phi) is 4.23. The van der Waals surface area contributed by atoms with Crippen LogP contribution < -0.4 is 10.5 Å². The molecule has 1 aromatic rings. The molecular formula is C18H28N2O. The molecule has 1 unspecified atom stereocenters. The van der Waals surface area contributed by atoms with Crippen molar-refractivity contribution in [1.82, 2.24) is 4.90 Å². The second kappa shape index (κ2) is 5.98. The van der Waals surface area contributed by atoms with Gasteiger partial charge in [-0.25, -0.2) is 0 Å². The van der Waals surface area contributed by atoms with E-state index in [9.17, 15) is 0 Å². The molecule has 2 N–H and O–H groups in total. The number of rotatable bonds is 4. The molecule has 0 aromatic heterocycles. The van der Waals surface area contributed by atoms with Crippen molar-refractivity contribution in [3.05, 3.63) is 29.8 Å². The van der Waals surface area contributed by atoms with Crippen LogP contribution in [0, 0.1) is 5.92 Å². The van der Waals surface area contributed by atoms with Gasteiger partial charge in [0.2, 0.25) is 0 Å². The third kappa shape index (κ3) is 2.82. The number of para-hydroxylation sites is 1. The standard InChI is InChI=1S/C18H28N2O/c1-14-7-9-18(13-19,10-8-14)20(2)11-15-12-21-17-6-4-3-5-16(15)17/h3-6,14-15H,7-13,19H2,1-2H3. The van der Waals surface area contributed by atoms with Gasteiger partial charge < -0.3 is 10.5 Å². The van der Waals surface area contributed by atoms with E-state index in [4.69, 9.17) is 10.5 Å². The first-order valence-corrected chi connectivity index (χ1v) is 8.28. The van der Waals surface area contributed by atoms with Gasteiger partial charge in [0.1, 0.15) is 5.75 Å². The summed E-state index contributed by atoms with van der Waals surface area (Å²) in [5.41, 5.74) is 7.74. The topological polar surface area (TPSA) is 38.5 Å². The van der Waals surface area contributed by atoms with E-state index >= 15 is 0 Å². The predicted molar refractivity (Wildman–Crippen MR) is 86.7 cm³/mol. The van der Waals surface area contributed by atoms with Gasteiger partial charge in [0.15, 0.2) is 0 Å². The molecule has 1 aliphatic carbocycles. The molecule has 1 aliphatic heterocycles. The minimum Gasteiger partial charge on any atom is -0.493 e. The van der Waals surface area contributed by atoms with Crippen LogP contribution in [0.1, 0.15) is 44.1 Å². The molecule has 0 bridgehead atoms. The molecule has 0 spiro atoms. The first-order chi connectivity index (χ1) is 10.1. The Morgan fingerprint density at radius 3 is 2.71 bits per heavy atom. The van der Waals surface area contributed by atoms with E-state index in [0.29, 0.717) is 5.92 Å². The van der Waals surface area contributed by atoms with Gasteiger partial charge in [-0.2, -0.15) is 0 Å². The van der Waals surface area contributed by atoms with Gasteiger partial charge in [0.05, 0.1) is 6.61 Å². The lowest BCUT2D eigenvalue weighted by atomic mass is 9.76. The highest BCUT2D eigenvalue weighted by Gasteiger charge is 2.38. The number of fused-ring (bicyclic) bond motifs is 1. The minimum absolute atomic E-state index is 0.198. The average Bonchev–Trinajstić information content (AvgIpc) is 2.92. The molecule has 0 saturated heterocycles. The first kappa shape index (κ1) is 14.9. The largest absolute Gasteiger partial charge is 0.493 e. The number of likely N-dealkylation sites (N-methyl/N-ethyl adjacent to an activating group) is 1. The van der Waals surface area contributed by atoms with Gasteiger partial charge in [-0.05, 0) is 44.7 Å². The predicted octanol–water partition coefficient (Wildman–Crippen LogP) is 3.00. The van der Waals surface area contributed by atoms with E-state index in [1.54, 1.807) is 0 Å². The van der Waals surface area contributed by atoms with Crippen LogP contribution in [0.3, 0.4) is 0 Å². The van der Waals surface area contributed by atoms with Crippen molar-refractivity contribution in [2.24, 2.45) is 11.7 Å². The highest BCUT2D eigenvalue weighted by molar-refractivity contribution is 5.39. The van der Waals surface area contributed by atoms with Crippen LogP contribution in [-0.2, 0) is 0 Å². The molecule has 1 atom stereocenters. The fourth-order valence-electron chi connectivity index (χ4n) is 3.95. The summed E-state index contributed by atoms with van der Waals surface area (Å²) in [6, 6.07) is 8.45. The maximum Gasteiger partial charge on any atom is 0.122 e. The molecule has 1 saturated carbocycles. The zero-order valence-electron chi connectivity index (χ0n) is 13.3. The van der Waals surface area contributed by atoms with Crippen LogP contribution >= 0.6 is 0 Å². The normalized spacial score (nSPS) is 32.0. The molecule has 1 heterocycles. The van der Waals surface area contributed by atoms with Crippen LogP contribution in [0.5, 0.6) is 5.75 Å². The number of hydrogen-bond acceptors (Lipinski definition) is 3. The van der Waals surface area contributed by atoms with Gasteiger partial charge in [-0.15, -0.1) is 0 Å². The average molecular weight is 288 g/mol. The van der Waals surface area contributed by atoms with Gasteiger partial charge in [-0.1, -0.05) is 25.1 Å². The van der Waals surface area contributed by atoms with Crippen molar-refractivity contribution >= 4 is 0 Å². The Labute approximate surface area is 128 Å². The highest BCUT2D eigenvalue weighted by atomic mass is 16.5. The number of benzene rings is 1. The van der Waals surface area contributed by atoms with Gasteiger partial charge in [0, 0.05) is 30.1 Å². The minimum atomic E-state index is 0.198. The molecule has 3 nitrogen and oxygen atoms in total. The molecular weight excluding hydrogens is 260 g/mol. The van der Waals surface area contributed by atoms with E-state index in [-0.39, 0.29) is 5.54 Å². The monoisotopic (exact) mass is 288 g/mol. The Balaban J connectivity index is 1.70. The van der Waals surface area contributed by atoms with Crippen molar-refractivity contribution < 1.29 is 4.74 Å². The lowest BCUT2D eigenvalue weighted by Crippen LogP contribution is -2.55. The maximum absolute atomic E-state index is 6.18. The summed E-state index contributed by atoms with van der Waals surface area (Å²) in [7, 11) is 2.25. The van der Waals surface area contributed by atoms with Gasteiger partial charge >= 0.3 is 0 Å². The maximum atomic E-state index is 6.18. The van der Waals surface area contributed by atoms with Crippen LogP contribution in [-0.4, -0.2) is 37.2 Å². The first-order valence-electron chi connectivity index (χ1n) is 8.28. The zero-order chi connectivity index (χ0) is 14.9. The number of nitrogens with zero attached hydrogens (tertiary/aromatic N) is 1. The highest BCUT2D eigenvalue weighted by Crippen LogP contribution is 2.38. The Morgan fingerprint density at radius 2 is 2.00 bits per heavy atom. The van der Waals surface area contributed by atoms with Crippen molar-refractivity contribution in [3.8, 4) is 5.75 Å². The number of ether oxygens (including phenoxy) is 1. The summed E-state index contributed by atoms with van der Waals surface area (Å²) in [4.78, 5) is 2.52. The van der Waals surface area contributed by atoms with Crippen molar-refractivity contribution in [2.75, 3.05) is 26.7 Å². The summed E-state index contributed by atoms with van der Waals surface area (Å²) < 4.78 is 5.82. The van der Waals surface area contributed by atoms with Crippen molar-refractivity contribution in [3.63, 3.8) is 0 Å². The van der Waals surface area contributed by atoms with Crippen LogP contribution in [0.15, 0.2) is 24.3 Å². The molecule has 2 aliphatic rings. The van der Waals surface area contributed by atoms with Crippen molar-refractivity contribution in [1.29, 1.82) is 0 Å². The molecule has 21 heavy (non-hydrogen) atoms.